The summed E-state index contributed by atoms with van der Waals surface area (Å²) in [6.45, 7) is 6.22. The van der Waals surface area contributed by atoms with Crippen LogP contribution in [0.3, 0.4) is 0 Å². The van der Waals surface area contributed by atoms with Crippen molar-refractivity contribution < 1.29 is 18.3 Å². The number of rotatable bonds is 12. The second-order valence-electron chi connectivity index (χ2n) is 8.83. The third-order valence-electron chi connectivity index (χ3n) is 6.43. The molecule has 0 saturated heterocycles. The van der Waals surface area contributed by atoms with Gasteiger partial charge in [-0.1, -0.05) is 44.4 Å². The molecule has 0 amide bonds. The van der Waals surface area contributed by atoms with E-state index in [-0.39, 0.29) is 11.1 Å². The lowest BCUT2D eigenvalue weighted by Gasteiger charge is -2.27. The molecule has 3 rings (SSSR count). The van der Waals surface area contributed by atoms with Crippen LogP contribution in [0.15, 0.2) is 39.6 Å². The van der Waals surface area contributed by atoms with E-state index in [1.54, 1.807) is 18.2 Å². The summed E-state index contributed by atoms with van der Waals surface area (Å²) in [4.78, 5) is 12.4. The van der Waals surface area contributed by atoms with Crippen molar-refractivity contribution in [3.63, 3.8) is 0 Å². The van der Waals surface area contributed by atoms with E-state index in [0.29, 0.717) is 24.2 Å². The highest BCUT2D eigenvalue weighted by Gasteiger charge is 2.20. The molecule has 0 bridgehead atoms. The summed E-state index contributed by atoms with van der Waals surface area (Å²) in [7, 11) is 0. The van der Waals surface area contributed by atoms with E-state index >= 15 is 0 Å². The Morgan fingerprint density at radius 3 is 2.62 bits per heavy atom. The Morgan fingerprint density at radius 2 is 1.88 bits per heavy atom. The van der Waals surface area contributed by atoms with Crippen LogP contribution in [-0.4, -0.2) is 19.8 Å². The molecule has 0 atom stereocenters. The molecule has 0 spiro atoms. The van der Waals surface area contributed by atoms with E-state index in [1.165, 1.54) is 32.1 Å². The molecule has 0 radical (unpaired) electrons. The van der Waals surface area contributed by atoms with Gasteiger partial charge in [0.15, 0.2) is 11.6 Å². The van der Waals surface area contributed by atoms with Crippen molar-refractivity contribution in [1.29, 1.82) is 0 Å². The number of allylic oxidation sites excluding steroid dienone is 2. The van der Waals surface area contributed by atoms with Gasteiger partial charge in [0.2, 0.25) is 0 Å². The van der Waals surface area contributed by atoms with Crippen LogP contribution < -0.4 is 10.4 Å². The minimum atomic E-state index is -0.644. The molecule has 5 heteroatoms. The largest absolute Gasteiger partial charge is 0.490 e. The fraction of sp³-hybridized carbons (Fsp3) is 0.593. The summed E-state index contributed by atoms with van der Waals surface area (Å²) in [5, 5.41) is 0.517. The summed E-state index contributed by atoms with van der Waals surface area (Å²) in [6.07, 6.45) is 14.0. The van der Waals surface area contributed by atoms with Crippen LogP contribution in [-0.2, 0) is 11.2 Å². The van der Waals surface area contributed by atoms with E-state index in [0.717, 1.165) is 44.3 Å². The number of fused-ring (bicyclic) bond motifs is 1. The molecule has 1 aromatic carbocycles. The zero-order valence-corrected chi connectivity index (χ0v) is 19.5. The Balaban J connectivity index is 1.51. The summed E-state index contributed by atoms with van der Waals surface area (Å²) in [5.74, 6) is 1.58. The highest BCUT2D eigenvalue weighted by molar-refractivity contribution is 5.83. The second-order valence-corrected chi connectivity index (χ2v) is 8.83. The molecule has 176 valence electrons. The molecular weight excluding hydrogens is 407 g/mol. The number of hydrogen-bond acceptors (Lipinski definition) is 4. The molecule has 1 aliphatic rings. The van der Waals surface area contributed by atoms with E-state index in [4.69, 9.17) is 13.9 Å². The normalized spacial score (nSPS) is 19.1. The summed E-state index contributed by atoms with van der Waals surface area (Å²) in [6, 6.07) is 5.08. The maximum atomic E-state index is 14.7. The van der Waals surface area contributed by atoms with Gasteiger partial charge in [-0.2, -0.15) is 0 Å². The van der Waals surface area contributed by atoms with Gasteiger partial charge in [0.25, 0.3) is 0 Å². The molecule has 1 aliphatic carbocycles. The van der Waals surface area contributed by atoms with Crippen LogP contribution in [0.1, 0.15) is 71.0 Å². The highest BCUT2D eigenvalue weighted by Crippen LogP contribution is 2.33. The van der Waals surface area contributed by atoms with Gasteiger partial charge in [0.05, 0.1) is 6.61 Å². The van der Waals surface area contributed by atoms with Gasteiger partial charge in [-0.25, -0.2) is 9.18 Å². The topological polar surface area (TPSA) is 48.7 Å². The lowest BCUT2D eigenvalue weighted by molar-refractivity contribution is 0.120. The van der Waals surface area contributed by atoms with E-state index in [1.807, 2.05) is 13.8 Å². The predicted octanol–water partition coefficient (Wildman–Crippen LogP) is 6.83. The first-order valence-corrected chi connectivity index (χ1v) is 12.2. The van der Waals surface area contributed by atoms with Crippen LogP contribution in [0.4, 0.5) is 4.39 Å². The van der Waals surface area contributed by atoms with Gasteiger partial charge < -0.3 is 13.9 Å². The quantitative estimate of drug-likeness (QED) is 0.266. The first-order valence-electron chi connectivity index (χ1n) is 12.2. The van der Waals surface area contributed by atoms with Crippen molar-refractivity contribution >= 4 is 10.8 Å². The first kappa shape index (κ1) is 24.5. The lowest BCUT2D eigenvalue weighted by Crippen LogP contribution is -2.15. The third kappa shape index (κ3) is 6.93. The van der Waals surface area contributed by atoms with Crippen LogP contribution >= 0.6 is 0 Å². The number of unbranched alkanes of at least 4 members (excludes halogenated alkanes) is 1. The van der Waals surface area contributed by atoms with Gasteiger partial charge >= 0.3 is 5.63 Å². The first-order chi connectivity index (χ1) is 15.6. The monoisotopic (exact) mass is 444 g/mol. The Hall–Kier alpha value is -2.14. The maximum absolute atomic E-state index is 14.7. The zero-order valence-electron chi connectivity index (χ0n) is 19.5. The van der Waals surface area contributed by atoms with Crippen molar-refractivity contribution in [1.82, 2.24) is 0 Å². The fourth-order valence-electron chi connectivity index (χ4n) is 4.45. The fourth-order valence-corrected chi connectivity index (χ4v) is 4.45. The molecule has 1 fully saturated rings. The summed E-state index contributed by atoms with van der Waals surface area (Å²) >= 11 is 0. The molecule has 0 unspecified atom stereocenters. The van der Waals surface area contributed by atoms with Crippen molar-refractivity contribution in [3.8, 4) is 5.75 Å². The van der Waals surface area contributed by atoms with Gasteiger partial charge in [0, 0.05) is 19.6 Å². The van der Waals surface area contributed by atoms with Gasteiger partial charge in [-0.3, -0.25) is 0 Å². The lowest BCUT2D eigenvalue weighted by atomic mass is 9.79. The Labute approximate surface area is 190 Å². The predicted molar refractivity (Wildman–Crippen MR) is 127 cm³/mol. The van der Waals surface area contributed by atoms with Gasteiger partial charge in [-0.15, -0.1) is 0 Å². The number of hydrogen-bond donors (Lipinski definition) is 0. The number of ether oxygens (including phenoxy) is 2. The Kier molecular flexibility index (Phi) is 9.79. The average Bonchev–Trinajstić information content (AvgIpc) is 2.79. The minimum absolute atomic E-state index is 0.0344. The molecular formula is C27H37FO4. The van der Waals surface area contributed by atoms with Crippen molar-refractivity contribution in [2.75, 3.05) is 19.8 Å². The Morgan fingerprint density at radius 1 is 1.09 bits per heavy atom. The summed E-state index contributed by atoms with van der Waals surface area (Å²) < 4.78 is 31.0. The molecule has 4 nitrogen and oxygen atoms in total. The number of benzene rings is 1. The molecule has 1 heterocycles. The van der Waals surface area contributed by atoms with Crippen molar-refractivity contribution in [2.24, 2.45) is 11.8 Å². The second kappa shape index (κ2) is 12.8. The Bertz CT molecular complexity index is 925. The summed E-state index contributed by atoms with van der Waals surface area (Å²) in [5.41, 5.74) is -0.644. The van der Waals surface area contributed by atoms with Gasteiger partial charge in [0.1, 0.15) is 11.1 Å². The minimum Gasteiger partial charge on any atom is -0.490 e. The van der Waals surface area contributed by atoms with E-state index in [9.17, 15) is 9.18 Å². The van der Waals surface area contributed by atoms with Crippen LogP contribution in [0.5, 0.6) is 5.75 Å². The number of halogens is 1. The van der Waals surface area contributed by atoms with E-state index < -0.39 is 11.4 Å². The average molecular weight is 445 g/mol. The smallest absolute Gasteiger partial charge is 0.346 e. The highest BCUT2D eigenvalue weighted by atomic mass is 19.1. The maximum Gasteiger partial charge on any atom is 0.346 e. The van der Waals surface area contributed by atoms with Crippen LogP contribution in [0, 0.1) is 17.7 Å². The molecule has 1 saturated carbocycles. The van der Waals surface area contributed by atoms with Crippen molar-refractivity contribution in [2.45, 2.75) is 71.6 Å². The zero-order chi connectivity index (χ0) is 22.8. The van der Waals surface area contributed by atoms with Crippen LogP contribution in [0.25, 0.3) is 10.8 Å². The molecule has 0 N–H and O–H groups in total. The molecule has 2 aromatic rings. The van der Waals surface area contributed by atoms with Crippen LogP contribution in [0.2, 0.25) is 0 Å². The van der Waals surface area contributed by atoms with Crippen molar-refractivity contribution in [3.05, 3.63) is 52.3 Å². The van der Waals surface area contributed by atoms with E-state index in [2.05, 4.69) is 12.2 Å². The van der Waals surface area contributed by atoms with Gasteiger partial charge in [-0.05, 0) is 68.4 Å². The standard InChI is InChI=1S/C27H37FO4/c1-3-5-17-31-24-15-14-22-19-23(32-27(29)25(22)26(24)28)9-7-6-8-20-10-12-21(13-11-20)16-18-30-4-2/h6-7,14-15,19-21H,3-5,8-13,16-18H2,1-2H3/b7-6+. The molecule has 0 aliphatic heterocycles. The molecule has 32 heavy (non-hydrogen) atoms. The third-order valence-corrected chi connectivity index (χ3v) is 6.43. The molecule has 1 aromatic heterocycles. The SMILES string of the molecule is CCCCOc1ccc2cc(C/C=C/CC3CCC(CCOCC)CC3)oc(=O)c2c1F.